The maximum absolute atomic E-state index is 11.4. The second-order valence-corrected chi connectivity index (χ2v) is 6.65. The van der Waals surface area contributed by atoms with Gasteiger partial charge in [-0.25, -0.2) is 0 Å². The van der Waals surface area contributed by atoms with Crippen molar-refractivity contribution in [2.75, 3.05) is 29.0 Å². The van der Waals surface area contributed by atoms with Gasteiger partial charge in [-0.3, -0.25) is 10.1 Å². The fourth-order valence-corrected chi connectivity index (χ4v) is 3.31. The number of anilines is 3. The summed E-state index contributed by atoms with van der Waals surface area (Å²) < 4.78 is 5.24. The fraction of sp³-hybridized carbons (Fsp3) is 0.500. The van der Waals surface area contributed by atoms with Crippen LogP contribution in [0, 0.1) is 22.0 Å². The van der Waals surface area contributed by atoms with E-state index in [1.165, 1.54) is 0 Å². The molecule has 1 saturated heterocycles. The molecule has 0 amide bonds. The van der Waals surface area contributed by atoms with Gasteiger partial charge in [-0.05, 0) is 30.4 Å². The largest absolute Gasteiger partial charge is 0.467 e. The number of aromatic nitrogens is 2. The van der Waals surface area contributed by atoms with Crippen LogP contribution in [-0.2, 0) is 6.54 Å². The molecule has 0 spiro atoms. The minimum absolute atomic E-state index is 0.106. The Morgan fingerprint density at radius 3 is 2.72 bits per heavy atom. The molecule has 25 heavy (non-hydrogen) atoms. The molecule has 0 bridgehead atoms. The Kier molecular flexibility index (Phi) is 4.73. The van der Waals surface area contributed by atoms with Gasteiger partial charge in [0.2, 0.25) is 17.6 Å². The number of hydrogen-bond donors (Lipinski definition) is 2. The SMILES string of the molecule is C[C@@H]1C[C@H](C)CN(c2nc(N)c([N+](=O)[O-])c(NCc3ccco3)n2)C1. The average Bonchev–Trinajstić information content (AvgIpc) is 3.04. The Labute approximate surface area is 145 Å². The Hall–Kier alpha value is -2.84. The first-order chi connectivity index (χ1) is 11.9. The van der Waals surface area contributed by atoms with Gasteiger partial charge in [-0.2, -0.15) is 9.97 Å². The number of nitrogens with two attached hydrogens (primary N) is 1. The molecule has 3 N–H and O–H groups in total. The van der Waals surface area contributed by atoms with E-state index in [1.54, 1.807) is 18.4 Å². The summed E-state index contributed by atoms with van der Waals surface area (Å²) in [5, 5.41) is 14.3. The average molecular weight is 346 g/mol. The second kappa shape index (κ2) is 6.96. The maximum Gasteiger partial charge on any atom is 0.353 e. The molecule has 3 heterocycles. The molecular weight excluding hydrogens is 324 g/mol. The highest BCUT2D eigenvalue weighted by molar-refractivity contribution is 5.70. The lowest BCUT2D eigenvalue weighted by atomic mass is 9.92. The number of nitrogens with one attached hydrogen (secondary N) is 1. The zero-order valence-corrected chi connectivity index (χ0v) is 14.3. The standard InChI is InChI=1S/C16H22N6O3/c1-10-6-11(2)9-21(8-10)16-19-14(17)13(22(23)24)15(20-16)18-7-12-4-3-5-25-12/h3-5,10-11H,6-9H2,1-2H3,(H3,17,18,19,20)/t10-,11+. The van der Waals surface area contributed by atoms with Gasteiger partial charge in [-0.15, -0.1) is 0 Å². The summed E-state index contributed by atoms with van der Waals surface area (Å²) in [6.07, 6.45) is 2.68. The summed E-state index contributed by atoms with van der Waals surface area (Å²) in [7, 11) is 0. The van der Waals surface area contributed by atoms with E-state index in [0.717, 1.165) is 19.5 Å². The van der Waals surface area contributed by atoms with E-state index < -0.39 is 4.92 Å². The molecule has 1 fully saturated rings. The molecule has 134 valence electrons. The van der Waals surface area contributed by atoms with Crippen LogP contribution < -0.4 is 16.0 Å². The highest BCUT2D eigenvalue weighted by Gasteiger charge is 2.28. The maximum atomic E-state index is 11.4. The number of hydrogen-bond acceptors (Lipinski definition) is 8. The van der Waals surface area contributed by atoms with Crippen LogP contribution >= 0.6 is 0 Å². The number of furan rings is 1. The topological polar surface area (TPSA) is 123 Å². The summed E-state index contributed by atoms with van der Waals surface area (Å²) >= 11 is 0. The van der Waals surface area contributed by atoms with Gasteiger partial charge in [0.1, 0.15) is 5.76 Å². The molecule has 2 atom stereocenters. The van der Waals surface area contributed by atoms with Crippen LogP contribution in [0.25, 0.3) is 0 Å². The van der Waals surface area contributed by atoms with E-state index >= 15 is 0 Å². The summed E-state index contributed by atoms with van der Waals surface area (Å²) in [5.74, 6) is 2.04. The Morgan fingerprint density at radius 2 is 2.12 bits per heavy atom. The van der Waals surface area contributed by atoms with Crippen LogP contribution in [0.2, 0.25) is 0 Å². The summed E-state index contributed by atoms with van der Waals surface area (Å²) in [6.45, 7) is 6.23. The van der Waals surface area contributed by atoms with Crippen LogP contribution in [0.3, 0.4) is 0 Å². The number of rotatable bonds is 5. The zero-order valence-electron chi connectivity index (χ0n) is 14.3. The Bertz CT molecular complexity index is 739. The summed E-state index contributed by atoms with van der Waals surface area (Å²) in [5.41, 5.74) is 5.55. The molecule has 2 aromatic heterocycles. The molecule has 9 heteroatoms. The van der Waals surface area contributed by atoms with Crippen LogP contribution in [0.15, 0.2) is 22.8 Å². The lowest BCUT2D eigenvalue weighted by Crippen LogP contribution is -2.39. The highest BCUT2D eigenvalue weighted by Crippen LogP contribution is 2.32. The predicted molar refractivity (Wildman–Crippen MR) is 94.3 cm³/mol. The van der Waals surface area contributed by atoms with Gasteiger partial charge >= 0.3 is 5.69 Å². The van der Waals surface area contributed by atoms with E-state index in [2.05, 4.69) is 29.1 Å². The predicted octanol–water partition coefficient (Wildman–Crippen LogP) is 2.65. The molecule has 0 radical (unpaired) electrons. The van der Waals surface area contributed by atoms with Crippen molar-refractivity contribution in [3.63, 3.8) is 0 Å². The lowest BCUT2D eigenvalue weighted by Gasteiger charge is -2.35. The van der Waals surface area contributed by atoms with Gasteiger partial charge < -0.3 is 20.4 Å². The second-order valence-electron chi connectivity index (χ2n) is 6.65. The van der Waals surface area contributed by atoms with Crippen molar-refractivity contribution >= 4 is 23.3 Å². The first-order valence-electron chi connectivity index (χ1n) is 8.27. The van der Waals surface area contributed by atoms with Crippen molar-refractivity contribution in [2.45, 2.75) is 26.8 Å². The monoisotopic (exact) mass is 346 g/mol. The van der Waals surface area contributed by atoms with Crippen molar-refractivity contribution in [1.29, 1.82) is 0 Å². The zero-order chi connectivity index (χ0) is 18.0. The van der Waals surface area contributed by atoms with E-state index in [-0.39, 0.29) is 23.9 Å². The first kappa shape index (κ1) is 17.0. The van der Waals surface area contributed by atoms with Gasteiger partial charge in [0.05, 0.1) is 17.7 Å². The first-order valence-corrected chi connectivity index (χ1v) is 8.27. The molecular formula is C16H22N6O3. The van der Waals surface area contributed by atoms with Crippen LogP contribution in [-0.4, -0.2) is 28.0 Å². The normalized spacial score (nSPS) is 20.5. The quantitative estimate of drug-likeness (QED) is 0.625. The molecule has 0 unspecified atom stereocenters. The van der Waals surface area contributed by atoms with Gasteiger partial charge in [0.25, 0.3) is 0 Å². The third-order valence-corrected chi connectivity index (χ3v) is 4.24. The van der Waals surface area contributed by atoms with Crippen molar-refractivity contribution in [3.8, 4) is 0 Å². The van der Waals surface area contributed by atoms with Crippen LogP contribution in [0.4, 0.5) is 23.3 Å². The van der Waals surface area contributed by atoms with E-state index in [4.69, 9.17) is 10.2 Å². The van der Waals surface area contributed by atoms with Gasteiger partial charge in [0, 0.05) is 13.1 Å². The van der Waals surface area contributed by atoms with E-state index in [1.807, 2.05) is 4.90 Å². The molecule has 1 aliphatic rings. The van der Waals surface area contributed by atoms with Crippen molar-refractivity contribution in [2.24, 2.45) is 11.8 Å². The Morgan fingerprint density at radius 1 is 1.40 bits per heavy atom. The van der Waals surface area contributed by atoms with Crippen molar-refractivity contribution < 1.29 is 9.34 Å². The third kappa shape index (κ3) is 3.81. The van der Waals surface area contributed by atoms with Crippen LogP contribution in [0.1, 0.15) is 26.0 Å². The van der Waals surface area contributed by atoms with Crippen LogP contribution in [0.5, 0.6) is 0 Å². The Balaban J connectivity index is 1.90. The molecule has 2 aromatic rings. The third-order valence-electron chi connectivity index (χ3n) is 4.24. The fourth-order valence-electron chi connectivity index (χ4n) is 3.31. The molecule has 9 nitrogen and oxygen atoms in total. The molecule has 1 aliphatic heterocycles. The molecule has 0 saturated carbocycles. The highest BCUT2D eigenvalue weighted by atomic mass is 16.6. The van der Waals surface area contributed by atoms with E-state index in [0.29, 0.717) is 23.5 Å². The molecule has 0 aliphatic carbocycles. The number of nitro groups is 1. The molecule has 0 aromatic carbocycles. The number of piperidine rings is 1. The van der Waals surface area contributed by atoms with Crippen molar-refractivity contribution in [1.82, 2.24) is 9.97 Å². The smallest absolute Gasteiger partial charge is 0.353 e. The summed E-state index contributed by atoms with van der Waals surface area (Å²) in [4.78, 5) is 21.4. The molecule has 3 rings (SSSR count). The van der Waals surface area contributed by atoms with E-state index in [9.17, 15) is 10.1 Å². The van der Waals surface area contributed by atoms with Gasteiger partial charge in [0.15, 0.2) is 0 Å². The minimum atomic E-state index is -0.564. The summed E-state index contributed by atoms with van der Waals surface area (Å²) in [6, 6.07) is 3.53. The lowest BCUT2D eigenvalue weighted by molar-refractivity contribution is -0.383. The minimum Gasteiger partial charge on any atom is -0.467 e. The van der Waals surface area contributed by atoms with Gasteiger partial charge in [-0.1, -0.05) is 13.8 Å². The van der Waals surface area contributed by atoms with Crippen molar-refractivity contribution in [3.05, 3.63) is 34.3 Å². The number of nitrogens with zero attached hydrogens (tertiary/aromatic N) is 4. The number of nitrogen functional groups attached to an aromatic ring is 1.